The Morgan fingerprint density at radius 3 is 2.55 bits per heavy atom. The molecule has 1 saturated carbocycles. The van der Waals surface area contributed by atoms with Crippen LogP contribution in [0.15, 0.2) is 16.6 Å². The van der Waals surface area contributed by atoms with E-state index in [1.54, 1.807) is 6.07 Å². The first-order valence-electron chi connectivity index (χ1n) is 6.53. The molecule has 1 fully saturated rings. The fourth-order valence-corrected chi connectivity index (χ4v) is 3.12. The van der Waals surface area contributed by atoms with Crippen LogP contribution in [0.2, 0.25) is 0 Å². The van der Waals surface area contributed by atoms with E-state index in [2.05, 4.69) is 21.2 Å². The molecule has 0 unspecified atom stereocenters. The first kappa shape index (κ1) is 15.2. The number of nitrogens with one attached hydrogen (secondary N) is 1. The van der Waals surface area contributed by atoms with Crippen molar-refractivity contribution in [3.63, 3.8) is 0 Å². The molecule has 110 valence electrons. The zero-order chi connectivity index (χ0) is 14.9. The predicted octanol–water partition coefficient (Wildman–Crippen LogP) is 4.10. The number of rotatable bonds is 2. The highest BCUT2D eigenvalue weighted by Gasteiger charge is 2.37. The number of hydrogen-bond acceptors (Lipinski definition) is 2. The molecule has 20 heavy (non-hydrogen) atoms. The quantitative estimate of drug-likeness (QED) is 0.792. The number of carbonyl (C=O) groups is 1. The number of benzene rings is 1. The molecule has 0 aromatic heterocycles. The Labute approximate surface area is 125 Å². The van der Waals surface area contributed by atoms with Crippen LogP contribution in [0.25, 0.3) is 0 Å². The van der Waals surface area contributed by atoms with Crippen molar-refractivity contribution in [1.29, 1.82) is 0 Å². The monoisotopic (exact) mass is 346 g/mol. The molecule has 1 aromatic carbocycles. The van der Waals surface area contributed by atoms with E-state index in [0.717, 1.165) is 5.56 Å². The predicted molar refractivity (Wildman–Crippen MR) is 78.8 cm³/mol. The van der Waals surface area contributed by atoms with Crippen molar-refractivity contribution in [2.75, 3.05) is 11.1 Å². The maximum atomic E-state index is 13.1. The van der Waals surface area contributed by atoms with Crippen LogP contribution >= 0.6 is 15.9 Å². The number of hydrogen-bond donors (Lipinski definition) is 2. The lowest BCUT2D eigenvalue weighted by Crippen LogP contribution is -2.32. The van der Waals surface area contributed by atoms with Gasteiger partial charge in [0.15, 0.2) is 0 Å². The fourth-order valence-electron chi connectivity index (χ4n) is 2.43. The van der Waals surface area contributed by atoms with Crippen LogP contribution in [0.5, 0.6) is 0 Å². The van der Waals surface area contributed by atoms with Crippen LogP contribution in [0.1, 0.15) is 31.2 Å². The Morgan fingerprint density at radius 2 is 2.00 bits per heavy atom. The standard InChI is InChI=1S/C14H17BrF2N2O/c1-8-6-10(15)12(11(18)7-8)19-13(20)9-2-4-14(16,17)5-3-9/h6-7,9H,2-5,18H2,1H3,(H,19,20). The van der Waals surface area contributed by atoms with Crippen molar-refractivity contribution in [3.8, 4) is 0 Å². The smallest absolute Gasteiger partial charge is 0.248 e. The second-order valence-electron chi connectivity index (χ2n) is 5.33. The van der Waals surface area contributed by atoms with E-state index < -0.39 is 5.92 Å². The number of aryl methyl sites for hydroxylation is 1. The Kier molecular flexibility index (Phi) is 4.32. The number of nitrogens with two attached hydrogens (primary N) is 1. The average molecular weight is 347 g/mol. The molecule has 0 atom stereocenters. The maximum Gasteiger partial charge on any atom is 0.248 e. The summed E-state index contributed by atoms with van der Waals surface area (Å²) in [7, 11) is 0. The van der Waals surface area contributed by atoms with Gasteiger partial charge in [0.1, 0.15) is 0 Å². The number of carbonyl (C=O) groups excluding carboxylic acids is 1. The highest BCUT2D eigenvalue weighted by Crippen LogP contribution is 2.37. The summed E-state index contributed by atoms with van der Waals surface area (Å²) in [5, 5.41) is 2.75. The number of nitrogen functional groups attached to an aromatic ring is 1. The molecule has 1 aliphatic carbocycles. The van der Waals surface area contributed by atoms with Gasteiger partial charge in [-0.2, -0.15) is 0 Å². The molecule has 0 saturated heterocycles. The number of alkyl halides is 2. The summed E-state index contributed by atoms with van der Waals surface area (Å²) in [5.41, 5.74) is 7.83. The average Bonchev–Trinajstić information content (AvgIpc) is 2.33. The summed E-state index contributed by atoms with van der Waals surface area (Å²) in [6, 6.07) is 3.61. The Balaban J connectivity index is 2.06. The molecule has 0 heterocycles. The summed E-state index contributed by atoms with van der Waals surface area (Å²) in [4.78, 5) is 12.1. The van der Waals surface area contributed by atoms with Crippen LogP contribution in [0.3, 0.4) is 0 Å². The third-order valence-corrected chi connectivity index (χ3v) is 4.23. The summed E-state index contributed by atoms with van der Waals surface area (Å²) >= 11 is 3.35. The highest BCUT2D eigenvalue weighted by atomic mass is 79.9. The molecule has 0 spiro atoms. The van der Waals surface area contributed by atoms with Crippen LogP contribution in [-0.4, -0.2) is 11.8 Å². The summed E-state index contributed by atoms with van der Waals surface area (Å²) in [5.74, 6) is -3.24. The van der Waals surface area contributed by atoms with Crippen LogP contribution in [-0.2, 0) is 4.79 Å². The van der Waals surface area contributed by atoms with Gasteiger partial charge in [0.2, 0.25) is 11.8 Å². The van der Waals surface area contributed by atoms with Gasteiger partial charge in [-0.3, -0.25) is 4.79 Å². The van der Waals surface area contributed by atoms with Crippen molar-refractivity contribution >= 4 is 33.2 Å². The van der Waals surface area contributed by atoms with E-state index in [4.69, 9.17) is 5.73 Å². The lowest BCUT2D eigenvalue weighted by molar-refractivity contribution is -0.124. The number of anilines is 2. The molecular weight excluding hydrogens is 330 g/mol. The van der Waals surface area contributed by atoms with Gasteiger partial charge in [0, 0.05) is 23.2 Å². The molecular formula is C14H17BrF2N2O. The van der Waals surface area contributed by atoms with E-state index in [1.807, 2.05) is 13.0 Å². The zero-order valence-corrected chi connectivity index (χ0v) is 12.8. The maximum absolute atomic E-state index is 13.1. The first-order valence-corrected chi connectivity index (χ1v) is 7.32. The van der Waals surface area contributed by atoms with Crippen molar-refractivity contribution in [3.05, 3.63) is 22.2 Å². The molecule has 2 rings (SSSR count). The minimum Gasteiger partial charge on any atom is -0.397 e. The largest absolute Gasteiger partial charge is 0.397 e. The van der Waals surface area contributed by atoms with E-state index in [0.29, 0.717) is 15.8 Å². The van der Waals surface area contributed by atoms with Gasteiger partial charge in [-0.25, -0.2) is 8.78 Å². The van der Waals surface area contributed by atoms with Gasteiger partial charge in [0.05, 0.1) is 11.4 Å². The Hall–Kier alpha value is -1.17. The lowest BCUT2D eigenvalue weighted by Gasteiger charge is -2.27. The first-order chi connectivity index (χ1) is 9.28. The second-order valence-corrected chi connectivity index (χ2v) is 6.18. The molecule has 0 radical (unpaired) electrons. The van der Waals surface area contributed by atoms with Crippen molar-refractivity contribution < 1.29 is 13.6 Å². The highest BCUT2D eigenvalue weighted by molar-refractivity contribution is 9.10. The Morgan fingerprint density at radius 1 is 1.40 bits per heavy atom. The summed E-state index contributed by atoms with van der Waals surface area (Å²) < 4.78 is 26.9. The number of halogens is 3. The van der Waals surface area contributed by atoms with Crippen LogP contribution < -0.4 is 11.1 Å². The van der Waals surface area contributed by atoms with Gasteiger partial charge < -0.3 is 11.1 Å². The molecule has 3 nitrogen and oxygen atoms in total. The van der Waals surface area contributed by atoms with Gasteiger partial charge in [-0.15, -0.1) is 0 Å². The van der Waals surface area contributed by atoms with Crippen molar-refractivity contribution in [2.24, 2.45) is 5.92 Å². The second kappa shape index (κ2) is 5.68. The van der Waals surface area contributed by atoms with E-state index in [-0.39, 0.29) is 37.5 Å². The topological polar surface area (TPSA) is 55.1 Å². The fraction of sp³-hybridized carbons (Fsp3) is 0.500. The van der Waals surface area contributed by atoms with Crippen molar-refractivity contribution in [2.45, 2.75) is 38.5 Å². The summed E-state index contributed by atoms with van der Waals surface area (Å²) in [6.45, 7) is 1.90. The molecule has 1 aliphatic rings. The third kappa shape index (κ3) is 3.48. The van der Waals surface area contributed by atoms with Gasteiger partial charge >= 0.3 is 0 Å². The van der Waals surface area contributed by atoms with Crippen LogP contribution in [0, 0.1) is 12.8 Å². The molecule has 1 aromatic rings. The third-order valence-electron chi connectivity index (χ3n) is 3.60. The molecule has 3 N–H and O–H groups in total. The minimum absolute atomic E-state index is 0.211. The molecule has 6 heteroatoms. The molecule has 0 bridgehead atoms. The summed E-state index contributed by atoms with van der Waals surface area (Å²) in [6.07, 6.45) is -0.0320. The molecule has 1 amide bonds. The van der Waals surface area contributed by atoms with E-state index >= 15 is 0 Å². The number of amides is 1. The van der Waals surface area contributed by atoms with E-state index in [1.165, 1.54) is 0 Å². The zero-order valence-electron chi connectivity index (χ0n) is 11.2. The SMILES string of the molecule is Cc1cc(N)c(NC(=O)C2CCC(F)(F)CC2)c(Br)c1. The van der Waals surface area contributed by atoms with Gasteiger partial charge in [0.25, 0.3) is 0 Å². The normalized spacial score (nSPS) is 18.8. The van der Waals surface area contributed by atoms with Gasteiger partial charge in [-0.1, -0.05) is 0 Å². The minimum atomic E-state index is -2.62. The molecule has 0 aliphatic heterocycles. The Bertz CT molecular complexity index is 501. The van der Waals surface area contributed by atoms with Gasteiger partial charge in [-0.05, 0) is 53.4 Å². The van der Waals surface area contributed by atoms with E-state index in [9.17, 15) is 13.6 Å². The lowest BCUT2D eigenvalue weighted by atomic mass is 9.86. The van der Waals surface area contributed by atoms with Crippen LogP contribution in [0.4, 0.5) is 20.2 Å². The van der Waals surface area contributed by atoms with Crippen molar-refractivity contribution in [1.82, 2.24) is 0 Å².